The lowest BCUT2D eigenvalue weighted by atomic mass is 10.2. The minimum absolute atomic E-state index is 0.0676. The molecule has 2 atom stereocenters. The van der Waals surface area contributed by atoms with Crippen LogP contribution in [0.4, 0.5) is 0 Å². The highest BCUT2D eigenvalue weighted by atomic mass is 35.5. The number of amides is 1. The zero-order valence-electron chi connectivity index (χ0n) is 12.0. The summed E-state index contributed by atoms with van der Waals surface area (Å²) in [5.41, 5.74) is 1.06. The van der Waals surface area contributed by atoms with Crippen molar-refractivity contribution < 1.29 is 10.1 Å². The number of nitrogens with two attached hydrogens (primary N) is 1. The number of hydrogen-bond donors (Lipinski definition) is 1. The van der Waals surface area contributed by atoms with E-state index in [0.29, 0.717) is 0 Å². The van der Waals surface area contributed by atoms with Crippen LogP contribution in [0.1, 0.15) is 30.7 Å². The van der Waals surface area contributed by atoms with Gasteiger partial charge >= 0.3 is 0 Å². The molecule has 1 aromatic carbocycles. The van der Waals surface area contributed by atoms with Crippen LogP contribution >= 0.6 is 23.4 Å². The lowest BCUT2D eigenvalue weighted by molar-refractivity contribution is -0.627. The maximum atomic E-state index is 12.5. The molecule has 0 saturated carbocycles. The molecule has 0 radical (unpaired) electrons. The first kappa shape index (κ1) is 15.7. The van der Waals surface area contributed by atoms with Crippen molar-refractivity contribution in [3.8, 4) is 0 Å². The van der Waals surface area contributed by atoms with Crippen molar-refractivity contribution >= 4 is 29.3 Å². The number of nitrogens with zero attached hydrogens (tertiary/aromatic N) is 1. The van der Waals surface area contributed by atoms with Crippen molar-refractivity contribution in [1.82, 2.24) is 4.90 Å². The summed E-state index contributed by atoms with van der Waals surface area (Å²) in [7, 11) is 2.06. The van der Waals surface area contributed by atoms with Gasteiger partial charge in [0.1, 0.15) is 5.37 Å². The SMILES string of the molecule is CC[C@@H]1S[C@H](c2ccccc2Cl)N(CCC[NH2+]C)C1=O. The van der Waals surface area contributed by atoms with E-state index in [2.05, 4.69) is 19.3 Å². The molecule has 1 heterocycles. The maximum absolute atomic E-state index is 12.5. The van der Waals surface area contributed by atoms with E-state index in [4.69, 9.17) is 11.6 Å². The van der Waals surface area contributed by atoms with E-state index >= 15 is 0 Å². The first-order valence-electron chi connectivity index (χ1n) is 7.17. The quantitative estimate of drug-likeness (QED) is 0.818. The second-order valence-electron chi connectivity index (χ2n) is 4.99. The van der Waals surface area contributed by atoms with Crippen LogP contribution in [0.15, 0.2) is 24.3 Å². The molecular formula is C15H22ClN2OS+. The Bertz CT molecular complexity index is 469. The molecule has 0 aliphatic carbocycles. The fraction of sp³-hybridized carbons (Fsp3) is 0.533. The fourth-order valence-electron chi connectivity index (χ4n) is 2.47. The molecule has 1 aromatic rings. The van der Waals surface area contributed by atoms with Gasteiger partial charge in [-0.2, -0.15) is 0 Å². The van der Waals surface area contributed by atoms with Gasteiger partial charge in [-0.15, -0.1) is 11.8 Å². The Morgan fingerprint density at radius 3 is 2.80 bits per heavy atom. The standard InChI is InChI=1S/C15H21ClN2OS/c1-3-13-14(19)18(10-6-9-17-2)15(20-13)11-7-4-5-8-12(11)16/h4-5,7-8,13,15,17H,3,6,9-10H2,1-2H3/p+1/t13-,15+/m0/s1. The molecule has 1 fully saturated rings. The Morgan fingerprint density at radius 1 is 1.40 bits per heavy atom. The van der Waals surface area contributed by atoms with E-state index in [1.54, 1.807) is 11.8 Å². The van der Waals surface area contributed by atoms with Gasteiger partial charge in [-0.05, 0) is 12.5 Å². The van der Waals surface area contributed by atoms with E-state index in [-0.39, 0.29) is 16.5 Å². The van der Waals surface area contributed by atoms with Gasteiger partial charge in [0.05, 0.1) is 18.8 Å². The maximum Gasteiger partial charge on any atom is 0.236 e. The normalized spacial score (nSPS) is 22.6. The molecule has 20 heavy (non-hydrogen) atoms. The van der Waals surface area contributed by atoms with Gasteiger partial charge in [-0.25, -0.2) is 0 Å². The average Bonchev–Trinajstić information content (AvgIpc) is 2.77. The van der Waals surface area contributed by atoms with Crippen molar-refractivity contribution in [2.75, 3.05) is 20.1 Å². The number of carbonyl (C=O) groups is 1. The van der Waals surface area contributed by atoms with Crippen molar-refractivity contribution in [2.45, 2.75) is 30.4 Å². The second kappa shape index (κ2) is 7.34. The number of quaternary nitrogens is 1. The van der Waals surface area contributed by atoms with Crippen LogP contribution in [0, 0.1) is 0 Å². The van der Waals surface area contributed by atoms with Crippen LogP contribution in [-0.4, -0.2) is 36.2 Å². The first-order valence-corrected chi connectivity index (χ1v) is 8.49. The number of benzene rings is 1. The third kappa shape index (κ3) is 3.30. The third-order valence-corrected chi connectivity index (χ3v) is 5.54. The van der Waals surface area contributed by atoms with Gasteiger partial charge in [0, 0.05) is 23.6 Å². The average molecular weight is 314 g/mol. The molecule has 1 amide bonds. The van der Waals surface area contributed by atoms with Crippen LogP contribution in [0.25, 0.3) is 0 Å². The molecule has 2 rings (SSSR count). The molecular weight excluding hydrogens is 292 g/mol. The third-order valence-electron chi connectivity index (χ3n) is 3.57. The van der Waals surface area contributed by atoms with Crippen LogP contribution < -0.4 is 5.32 Å². The molecule has 0 bridgehead atoms. The molecule has 0 unspecified atom stereocenters. The fourth-order valence-corrected chi connectivity index (χ4v) is 4.24. The number of halogens is 1. The molecule has 0 aromatic heterocycles. The van der Waals surface area contributed by atoms with Crippen LogP contribution in [0.5, 0.6) is 0 Å². The summed E-state index contributed by atoms with van der Waals surface area (Å²) in [4.78, 5) is 14.5. The van der Waals surface area contributed by atoms with Crippen LogP contribution in [-0.2, 0) is 4.79 Å². The summed E-state index contributed by atoms with van der Waals surface area (Å²) in [5, 5.41) is 3.04. The minimum atomic E-state index is 0.0676. The van der Waals surface area contributed by atoms with E-state index < -0.39 is 0 Å². The number of hydrogen-bond acceptors (Lipinski definition) is 2. The molecule has 1 aliphatic heterocycles. The van der Waals surface area contributed by atoms with Gasteiger partial charge in [-0.1, -0.05) is 36.7 Å². The molecule has 1 saturated heterocycles. The topological polar surface area (TPSA) is 36.9 Å². The van der Waals surface area contributed by atoms with Crippen LogP contribution in [0.3, 0.4) is 0 Å². The number of rotatable bonds is 6. The van der Waals surface area contributed by atoms with Crippen LogP contribution in [0.2, 0.25) is 5.02 Å². The lowest BCUT2D eigenvalue weighted by Gasteiger charge is -2.24. The summed E-state index contributed by atoms with van der Waals surface area (Å²) in [6.07, 6.45) is 1.89. The highest BCUT2D eigenvalue weighted by Crippen LogP contribution is 2.45. The molecule has 3 nitrogen and oxygen atoms in total. The highest BCUT2D eigenvalue weighted by molar-refractivity contribution is 8.01. The Hall–Kier alpha value is -0.710. The van der Waals surface area contributed by atoms with E-state index in [1.165, 1.54) is 0 Å². The van der Waals surface area contributed by atoms with Crippen molar-refractivity contribution in [1.29, 1.82) is 0 Å². The molecule has 110 valence electrons. The number of carbonyl (C=O) groups excluding carboxylic acids is 1. The second-order valence-corrected chi connectivity index (χ2v) is 6.68. The van der Waals surface area contributed by atoms with Gasteiger partial charge in [-0.3, -0.25) is 4.79 Å². The Kier molecular flexibility index (Phi) is 5.75. The predicted molar refractivity (Wildman–Crippen MR) is 84.9 cm³/mol. The monoisotopic (exact) mass is 313 g/mol. The zero-order chi connectivity index (χ0) is 14.5. The number of thioether (sulfide) groups is 1. The van der Waals surface area contributed by atoms with Gasteiger partial charge < -0.3 is 10.2 Å². The predicted octanol–water partition coefficient (Wildman–Crippen LogP) is 2.28. The van der Waals surface area contributed by atoms with Gasteiger partial charge in [0.2, 0.25) is 5.91 Å². The minimum Gasteiger partial charge on any atom is -0.349 e. The zero-order valence-corrected chi connectivity index (χ0v) is 13.6. The lowest BCUT2D eigenvalue weighted by Crippen LogP contribution is -2.79. The molecule has 5 heteroatoms. The first-order chi connectivity index (χ1) is 9.69. The van der Waals surface area contributed by atoms with Crippen molar-refractivity contribution in [3.05, 3.63) is 34.9 Å². The smallest absolute Gasteiger partial charge is 0.236 e. The molecule has 2 N–H and O–H groups in total. The summed E-state index contributed by atoms with van der Waals surface area (Å²) < 4.78 is 0. The highest BCUT2D eigenvalue weighted by Gasteiger charge is 2.40. The molecule has 0 spiro atoms. The largest absolute Gasteiger partial charge is 0.349 e. The van der Waals surface area contributed by atoms with Crippen molar-refractivity contribution in [2.24, 2.45) is 0 Å². The van der Waals surface area contributed by atoms with E-state index in [9.17, 15) is 4.79 Å². The van der Waals surface area contributed by atoms with E-state index in [0.717, 1.165) is 36.5 Å². The Balaban J connectivity index is 2.20. The van der Waals surface area contributed by atoms with Crippen molar-refractivity contribution in [3.63, 3.8) is 0 Å². The summed E-state index contributed by atoms with van der Waals surface area (Å²) in [6.45, 7) is 3.92. The summed E-state index contributed by atoms with van der Waals surface area (Å²) in [5.74, 6) is 0.263. The summed E-state index contributed by atoms with van der Waals surface area (Å²) >= 11 is 8.05. The van der Waals surface area contributed by atoms with Gasteiger partial charge in [0.25, 0.3) is 0 Å². The Morgan fingerprint density at radius 2 is 2.15 bits per heavy atom. The van der Waals surface area contributed by atoms with Gasteiger partial charge in [0.15, 0.2) is 0 Å². The Labute approximate surface area is 130 Å². The van der Waals surface area contributed by atoms with E-state index in [1.807, 2.05) is 29.2 Å². The summed E-state index contributed by atoms with van der Waals surface area (Å²) in [6, 6.07) is 7.86. The molecule has 1 aliphatic rings.